The maximum Gasteiger partial charge on any atom is 0.410 e. The highest BCUT2D eigenvalue weighted by molar-refractivity contribution is 9.10. The minimum Gasteiger partial charge on any atom is -0.444 e. The molecule has 156 valence electrons. The van der Waals surface area contributed by atoms with Crippen LogP contribution < -0.4 is 5.32 Å². The second kappa shape index (κ2) is 9.29. The molecular weight excluding hydrogens is 420 g/mol. The Bertz CT molecular complexity index is 697. The van der Waals surface area contributed by atoms with Crippen LogP contribution in [0.3, 0.4) is 0 Å². The summed E-state index contributed by atoms with van der Waals surface area (Å²) in [5.41, 5.74) is -0.0947. The first-order valence-electron chi connectivity index (χ1n) is 10.0. The normalized spacial score (nSPS) is 17.9. The Hall–Kier alpha value is -1.56. The summed E-state index contributed by atoms with van der Waals surface area (Å²) in [5.74, 6) is 0.404. The Balaban J connectivity index is 1.83. The molecule has 1 atom stereocenters. The van der Waals surface area contributed by atoms with Gasteiger partial charge < -0.3 is 15.0 Å². The highest BCUT2D eigenvalue weighted by atomic mass is 79.9. The third kappa shape index (κ3) is 6.50. The highest BCUT2D eigenvalue weighted by Gasteiger charge is 2.31. The highest BCUT2D eigenvalue weighted by Crippen LogP contribution is 2.26. The maximum atomic E-state index is 12.7. The molecule has 1 heterocycles. The molecule has 1 aromatic carbocycles. The zero-order valence-corrected chi connectivity index (χ0v) is 19.3. The van der Waals surface area contributed by atoms with E-state index in [-0.39, 0.29) is 12.0 Å². The predicted molar refractivity (Wildman–Crippen MR) is 115 cm³/mol. The van der Waals surface area contributed by atoms with Crippen LogP contribution in [0.2, 0.25) is 0 Å². The van der Waals surface area contributed by atoms with Gasteiger partial charge >= 0.3 is 6.09 Å². The third-order valence-electron chi connectivity index (χ3n) is 5.12. The molecule has 0 bridgehead atoms. The van der Waals surface area contributed by atoms with Gasteiger partial charge in [-0.1, -0.05) is 28.1 Å². The number of amides is 2. The van der Waals surface area contributed by atoms with Crippen LogP contribution >= 0.6 is 15.9 Å². The van der Waals surface area contributed by atoms with Crippen molar-refractivity contribution in [1.29, 1.82) is 0 Å². The molecule has 1 aromatic rings. The molecule has 1 fully saturated rings. The van der Waals surface area contributed by atoms with Crippen molar-refractivity contribution in [3.63, 3.8) is 0 Å². The summed E-state index contributed by atoms with van der Waals surface area (Å²) in [6, 6.07) is 7.86. The van der Waals surface area contributed by atoms with Crippen molar-refractivity contribution in [3.8, 4) is 0 Å². The number of rotatable bonds is 5. The van der Waals surface area contributed by atoms with Crippen LogP contribution in [0.15, 0.2) is 28.7 Å². The number of piperidine rings is 1. The molecule has 6 heteroatoms. The lowest BCUT2D eigenvalue weighted by atomic mass is 9.83. The first-order valence-corrected chi connectivity index (χ1v) is 10.8. The number of halogens is 1. The quantitative estimate of drug-likeness (QED) is 0.692. The van der Waals surface area contributed by atoms with E-state index in [0.29, 0.717) is 19.0 Å². The fourth-order valence-electron chi connectivity index (χ4n) is 3.41. The van der Waals surface area contributed by atoms with Crippen molar-refractivity contribution >= 4 is 27.9 Å². The number of ether oxygens (including phenoxy) is 1. The van der Waals surface area contributed by atoms with Crippen molar-refractivity contribution in [3.05, 3.63) is 34.3 Å². The summed E-state index contributed by atoms with van der Waals surface area (Å²) < 4.78 is 6.45. The van der Waals surface area contributed by atoms with Crippen molar-refractivity contribution in [2.45, 2.75) is 64.9 Å². The Morgan fingerprint density at radius 3 is 2.61 bits per heavy atom. The van der Waals surface area contributed by atoms with Gasteiger partial charge in [-0.05, 0) is 77.5 Å². The maximum absolute atomic E-state index is 12.7. The summed E-state index contributed by atoms with van der Waals surface area (Å²) in [4.78, 5) is 26.8. The van der Waals surface area contributed by atoms with Gasteiger partial charge in [0.05, 0.1) is 5.41 Å². The van der Waals surface area contributed by atoms with Gasteiger partial charge in [0.15, 0.2) is 0 Å². The van der Waals surface area contributed by atoms with Gasteiger partial charge in [-0.25, -0.2) is 4.79 Å². The molecule has 1 unspecified atom stereocenters. The predicted octanol–water partition coefficient (Wildman–Crippen LogP) is 4.88. The third-order valence-corrected chi connectivity index (χ3v) is 5.62. The minimum absolute atomic E-state index is 0.0189. The fraction of sp³-hybridized carbons (Fsp3) is 0.636. The van der Waals surface area contributed by atoms with Crippen molar-refractivity contribution < 1.29 is 14.3 Å². The molecule has 1 aliphatic heterocycles. The summed E-state index contributed by atoms with van der Waals surface area (Å²) >= 11 is 3.47. The molecule has 0 aromatic heterocycles. The number of nitrogens with one attached hydrogen (secondary N) is 1. The van der Waals surface area contributed by atoms with E-state index in [9.17, 15) is 9.59 Å². The Morgan fingerprint density at radius 1 is 1.25 bits per heavy atom. The summed E-state index contributed by atoms with van der Waals surface area (Å²) in [5, 5.41) is 3.08. The molecule has 5 nitrogen and oxygen atoms in total. The molecule has 1 N–H and O–H groups in total. The monoisotopic (exact) mass is 452 g/mol. The molecule has 28 heavy (non-hydrogen) atoms. The van der Waals surface area contributed by atoms with E-state index >= 15 is 0 Å². The number of nitrogens with zero attached hydrogens (tertiary/aromatic N) is 1. The lowest BCUT2D eigenvalue weighted by Crippen LogP contribution is -2.44. The fourth-order valence-corrected chi connectivity index (χ4v) is 3.81. The zero-order chi connectivity index (χ0) is 20.9. The topological polar surface area (TPSA) is 58.6 Å². The van der Waals surface area contributed by atoms with Crippen molar-refractivity contribution in [1.82, 2.24) is 10.2 Å². The Morgan fingerprint density at radius 2 is 1.96 bits per heavy atom. The molecule has 0 radical (unpaired) electrons. The van der Waals surface area contributed by atoms with Gasteiger partial charge in [-0.2, -0.15) is 0 Å². The molecule has 1 saturated heterocycles. The minimum atomic E-state index is -0.598. The number of likely N-dealkylation sites (tertiary alicyclic amines) is 1. The lowest BCUT2D eigenvalue weighted by Gasteiger charge is -2.34. The average Bonchev–Trinajstić information content (AvgIpc) is 2.60. The van der Waals surface area contributed by atoms with Crippen LogP contribution in [0.25, 0.3) is 0 Å². The van der Waals surface area contributed by atoms with Crippen LogP contribution in [-0.4, -0.2) is 42.1 Å². The Labute approximate surface area is 177 Å². The van der Waals surface area contributed by atoms with Crippen LogP contribution in [0.5, 0.6) is 0 Å². The summed E-state index contributed by atoms with van der Waals surface area (Å²) in [7, 11) is 0. The smallest absolute Gasteiger partial charge is 0.410 e. The van der Waals surface area contributed by atoms with Gasteiger partial charge in [0.1, 0.15) is 5.60 Å². The number of hydrogen-bond acceptors (Lipinski definition) is 3. The van der Waals surface area contributed by atoms with E-state index in [4.69, 9.17) is 4.74 Å². The average molecular weight is 453 g/mol. The van der Waals surface area contributed by atoms with E-state index in [2.05, 4.69) is 21.2 Å². The molecule has 2 rings (SSSR count). The van der Waals surface area contributed by atoms with Crippen LogP contribution in [0.1, 0.15) is 59.4 Å². The zero-order valence-electron chi connectivity index (χ0n) is 17.7. The number of benzene rings is 1. The van der Waals surface area contributed by atoms with Gasteiger partial charge in [0, 0.05) is 24.1 Å². The molecule has 0 aliphatic carbocycles. The van der Waals surface area contributed by atoms with E-state index in [1.54, 1.807) is 4.90 Å². The molecule has 1 aliphatic rings. The first-order chi connectivity index (χ1) is 13.0. The number of hydrogen-bond donors (Lipinski definition) is 1. The van der Waals surface area contributed by atoms with E-state index in [0.717, 1.165) is 35.8 Å². The van der Waals surface area contributed by atoms with Crippen LogP contribution in [0.4, 0.5) is 4.79 Å². The molecule has 2 amide bonds. The van der Waals surface area contributed by atoms with Gasteiger partial charge in [-0.15, -0.1) is 0 Å². The van der Waals surface area contributed by atoms with Crippen molar-refractivity contribution in [2.24, 2.45) is 5.92 Å². The summed E-state index contributed by atoms with van der Waals surface area (Å²) in [6.45, 7) is 11.6. The van der Waals surface area contributed by atoms with E-state index < -0.39 is 11.0 Å². The number of carbonyl (C=O) groups is 2. The standard InChI is InChI=1S/C22H33BrN2O3/c1-21(2,3)28-20(27)25-13-7-8-16(15-25)11-12-24-19(26)22(4,5)17-9-6-10-18(23)14-17/h6,9-10,14,16H,7-8,11-13,15H2,1-5H3,(H,24,26). The summed E-state index contributed by atoms with van der Waals surface area (Å²) in [6.07, 6.45) is 2.67. The Kier molecular flexibility index (Phi) is 7.54. The van der Waals surface area contributed by atoms with Crippen molar-refractivity contribution in [2.75, 3.05) is 19.6 Å². The van der Waals surface area contributed by atoms with E-state index in [1.165, 1.54) is 0 Å². The SMILES string of the molecule is CC(C)(C)OC(=O)N1CCCC(CCNC(=O)C(C)(C)c2cccc(Br)c2)C1. The molecule has 0 spiro atoms. The van der Waals surface area contributed by atoms with Gasteiger partial charge in [0.2, 0.25) is 5.91 Å². The lowest BCUT2D eigenvalue weighted by molar-refractivity contribution is -0.125. The number of carbonyl (C=O) groups excluding carboxylic acids is 2. The van der Waals surface area contributed by atoms with Crippen LogP contribution in [-0.2, 0) is 14.9 Å². The second-order valence-corrected chi connectivity index (χ2v) is 10.0. The first kappa shape index (κ1) is 22.7. The van der Waals surface area contributed by atoms with Gasteiger partial charge in [0.25, 0.3) is 0 Å². The molecule has 0 saturated carbocycles. The van der Waals surface area contributed by atoms with E-state index in [1.807, 2.05) is 58.9 Å². The molecular formula is C22H33BrN2O3. The largest absolute Gasteiger partial charge is 0.444 e. The second-order valence-electron chi connectivity index (χ2n) is 9.11. The van der Waals surface area contributed by atoms with Crippen LogP contribution in [0, 0.1) is 5.92 Å². The van der Waals surface area contributed by atoms with Gasteiger partial charge in [-0.3, -0.25) is 4.79 Å².